The second-order valence-electron chi connectivity index (χ2n) is 7.53. The smallest absolute Gasteiger partial charge is 0.312 e. The van der Waals surface area contributed by atoms with Crippen LogP contribution in [0.2, 0.25) is 0 Å². The Balaban J connectivity index is 2.58. The van der Waals surface area contributed by atoms with Gasteiger partial charge in [0, 0.05) is 0 Å². The molecule has 0 aromatic heterocycles. The van der Waals surface area contributed by atoms with Gasteiger partial charge < -0.3 is 9.29 Å². The predicted octanol–water partition coefficient (Wildman–Crippen LogP) is 6.50. The Hall–Kier alpha value is -1.23. The third-order valence-corrected chi connectivity index (χ3v) is 6.75. The van der Waals surface area contributed by atoms with Gasteiger partial charge in [-0.1, -0.05) is 90.2 Å². The molecule has 0 aliphatic heterocycles. The predicted molar refractivity (Wildman–Crippen MR) is 113 cm³/mol. The monoisotopic (exact) mass is 398 g/mol. The first-order valence-corrected chi connectivity index (χ1v) is 12.1. The fourth-order valence-electron chi connectivity index (χ4n) is 3.30. The van der Waals surface area contributed by atoms with Gasteiger partial charge in [-0.2, -0.15) is 8.42 Å². The molecule has 1 aromatic rings. The van der Waals surface area contributed by atoms with E-state index in [-0.39, 0.29) is 11.5 Å². The molecule has 0 aliphatic rings. The molecule has 0 bridgehead atoms. The maximum absolute atomic E-state index is 12.8. The maximum atomic E-state index is 12.8. The Bertz CT molecular complexity index is 605. The lowest BCUT2D eigenvalue weighted by atomic mass is 10.0. The topological polar surface area (TPSA) is 63.6 Å². The van der Waals surface area contributed by atoms with Crippen LogP contribution in [-0.4, -0.2) is 18.8 Å². The van der Waals surface area contributed by atoms with E-state index in [0.29, 0.717) is 18.4 Å². The van der Waals surface area contributed by atoms with E-state index in [1.165, 1.54) is 44.6 Å². The summed E-state index contributed by atoms with van der Waals surface area (Å²) in [4.78, 5) is 0. The number of aryl methyl sites for hydroxylation is 1. The molecule has 0 saturated carbocycles. The number of hydrogen-bond donors (Lipinski definition) is 1. The van der Waals surface area contributed by atoms with Gasteiger partial charge in [0.15, 0.2) is 11.5 Å². The number of hydrogen-bond acceptors (Lipinski definition) is 4. The van der Waals surface area contributed by atoms with Crippen molar-refractivity contribution in [3.8, 4) is 11.5 Å². The van der Waals surface area contributed by atoms with Crippen molar-refractivity contribution in [1.29, 1.82) is 0 Å². The lowest BCUT2D eigenvalue weighted by Crippen LogP contribution is -2.26. The van der Waals surface area contributed by atoms with Gasteiger partial charge in [0.05, 0.1) is 5.25 Å². The van der Waals surface area contributed by atoms with E-state index in [9.17, 15) is 13.5 Å². The Kier molecular flexibility index (Phi) is 11.5. The number of rotatable bonds is 15. The number of phenols is 1. The maximum Gasteiger partial charge on any atom is 0.312 e. The first-order valence-electron chi connectivity index (χ1n) is 10.6. The summed E-state index contributed by atoms with van der Waals surface area (Å²) < 4.78 is 31.0. The quantitative estimate of drug-likeness (QED) is 0.270. The molecule has 0 aliphatic carbocycles. The minimum Gasteiger partial charge on any atom is -0.504 e. The molecule has 1 N–H and O–H groups in total. The highest BCUT2D eigenvalue weighted by atomic mass is 32.2. The van der Waals surface area contributed by atoms with Crippen LogP contribution in [0.4, 0.5) is 0 Å². The minimum atomic E-state index is -3.76. The molecular weight excluding hydrogens is 360 g/mol. The molecule has 1 rings (SSSR count). The van der Waals surface area contributed by atoms with E-state index in [2.05, 4.69) is 13.8 Å². The molecule has 0 saturated heterocycles. The second-order valence-corrected chi connectivity index (χ2v) is 9.35. The Labute approximate surface area is 166 Å². The molecule has 5 heteroatoms. The zero-order valence-electron chi connectivity index (χ0n) is 17.4. The van der Waals surface area contributed by atoms with E-state index in [4.69, 9.17) is 4.18 Å². The van der Waals surface area contributed by atoms with Crippen LogP contribution in [-0.2, 0) is 10.1 Å². The van der Waals surface area contributed by atoms with Crippen LogP contribution in [0.3, 0.4) is 0 Å². The highest BCUT2D eigenvalue weighted by molar-refractivity contribution is 7.87. The highest BCUT2D eigenvalue weighted by Gasteiger charge is 2.28. The van der Waals surface area contributed by atoms with E-state index < -0.39 is 15.4 Å². The molecule has 0 radical (unpaired) electrons. The second kappa shape index (κ2) is 13.0. The van der Waals surface area contributed by atoms with Gasteiger partial charge in [-0.05, 0) is 31.4 Å². The van der Waals surface area contributed by atoms with Gasteiger partial charge >= 0.3 is 10.1 Å². The Morgan fingerprint density at radius 1 is 0.889 bits per heavy atom. The van der Waals surface area contributed by atoms with Crippen molar-refractivity contribution in [2.75, 3.05) is 0 Å². The van der Waals surface area contributed by atoms with Gasteiger partial charge in [-0.15, -0.1) is 0 Å². The number of benzene rings is 1. The zero-order valence-corrected chi connectivity index (χ0v) is 18.2. The van der Waals surface area contributed by atoms with Gasteiger partial charge in [0.25, 0.3) is 0 Å². The third kappa shape index (κ3) is 9.00. The van der Waals surface area contributed by atoms with Crippen molar-refractivity contribution in [2.45, 2.75) is 103 Å². The summed E-state index contributed by atoms with van der Waals surface area (Å²) in [5.74, 6) is -0.0604. The van der Waals surface area contributed by atoms with Crippen LogP contribution in [0.1, 0.15) is 96.5 Å². The molecule has 0 fully saturated rings. The van der Waals surface area contributed by atoms with Crippen molar-refractivity contribution in [2.24, 2.45) is 0 Å². The van der Waals surface area contributed by atoms with Gasteiger partial charge in [0.1, 0.15) is 0 Å². The average Bonchev–Trinajstić information content (AvgIpc) is 2.63. The lowest BCUT2D eigenvalue weighted by molar-refractivity contribution is 0.413. The number of aromatic hydroxyl groups is 1. The molecule has 1 unspecified atom stereocenters. The van der Waals surface area contributed by atoms with Crippen LogP contribution >= 0.6 is 0 Å². The van der Waals surface area contributed by atoms with Crippen LogP contribution in [0.15, 0.2) is 18.2 Å². The Morgan fingerprint density at radius 2 is 1.44 bits per heavy atom. The highest BCUT2D eigenvalue weighted by Crippen LogP contribution is 2.32. The van der Waals surface area contributed by atoms with Crippen molar-refractivity contribution in [3.05, 3.63) is 23.8 Å². The van der Waals surface area contributed by atoms with Crippen LogP contribution < -0.4 is 4.18 Å². The molecule has 0 heterocycles. The third-order valence-electron chi connectivity index (χ3n) is 5.06. The fourth-order valence-corrected chi connectivity index (χ4v) is 4.80. The van der Waals surface area contributed by atoms with Crippen molar-refractivity contribution >= 4 is 10.1 Å². The summed E-state index contributed by atoms with van der Waals surface area (Å²) >= 11 is 0. The minimum absolute atomic E-state index is 0.0647. The van der Waals surface area contributed by atoms with Gasteiger partial charge in [-0.25, -0.2) is 0 Å². The summed E-state index contributed by atoms with van der Waals surface area (Å²) in [5, 5.41) is 9.45. The summed E-state index contributed by atoms with van der Waals surface area (Å²) in [5.41, 5.74) is 0.625. The molecule has 0 amide bonds. The van der Waals surface area contributed by atoms with E-state index >= 15 is 0 Å². The molecule has 1 atom stereocenters. The molecular formula is C22H38O4S. The number of phenolic OH excluding ortho intramolecular Hbond substituents is 1. The summed E-state index contributed by atoms with van der Waals surface area (Å²) in [7, 11) is -3.76. The molecule has 27 heavy (non-hydrogen) atoms. The molecule has 1 aromatic carbocycles. The van der Waals surface area contributed by atoms with Crippen molar-refractivity contribution in [3.63, 3.8) is 0 Å². The van der Waals surface area contributed by atoms with E-state index in [0.717, 1.165) is 25.7 Å². The first kappa shape index (κ1) is 23.8. The summed E-state index contributed by atoms with van der Waals surface area (Å²) in [6.45, 7) is 6.02. The summed E-state index contributed by atoms with van der Waals surface area (Å²) in [6, 6.07) is 4.88. The lowest BCUT2D eigenvalue weighted by Gasteiger charge is -2.19. The van der Waals surface area contributed by atoms with Crippen molar-refractivity contribution < 1.29 is 17.7 Å². The average molecular weight is 399 g/mol. The van der Waals surface area contributed by atoms with Crippen molar-refractivity contribution in [1.82, 2.24) is 0 Å². The molecule has 4 nitrogen and oxygen atoms in total. The summed E-state index contributed by atoms with van der Waals surface area (Å²) in [6.07, 6.45) is 12.6. The number of unbranched alkanes of at least 4 members (excludes halogenated alkanes) is 8. The van der Waals surface area contributed by atoms with Crippen LogP contribution in [0, 0.1) is 6.92 Å². The normalized spacial score (nSPS) is 12.9. The van der Waals surface area contributed by atoms with Crippen LogP contribution in [0.5, 0.6) is 11.5 Å². The Morgan fingerprint density at radius 3 is 2.04 bits per heavy atom. The van der Waals surface area contributed by atoms with E-state index in [1.807, 2.05) is 0 Å². The van der Waals surface area contributed by atoms with Gasteiger partial charge in [-0.3, -0.25) is 0 Å². The fraction of sp³-hybridized carbons (Fsp3) is 0.727. The molecule has 0 spiro atoms. The van der Waals surface area contributed by atoms with E-state index in [1.54, 1.807) is 19.1 Å². The standard InChI is InChI=1S/C22H38O4S/c1-4-6-8-9-10-11-12-13-17-20(16-7-5-2)27(24,25)26-22-19(3)15-14-18-21(22)23/h14-15,18,20,23H,4-13,16-17H2,1-3H3. The zero-order chi connectivity index (χ0) is 20.1. The SMILES string of the molecule is CCCCCCCCCCC(CCCC)S(=O)(=O)Oc1c(C)cccc1O. The van der Waals surface area contributed by atoms with Crippen LogP contribution in [0.25, 0.3) is 0 Å². The van der Waals surface area contributed by atoms with Gasteiger partial charge in [0.2, 0.25) is 0 Å². The molecule has 156 valence electrons. The largest absolute Gasteiger partial charge is 0.504 e. The number of para-hydroxylation sites is 1. The first-order chi connectivity index (χ1) is 12.9.